The molecule has 0 amide bonds. The lowest BCUT2D eigenvalue weighted by Gasteiger charge is -2.10. The van der Waals surface area contributed by atoms with Gasteiger partial charge in [-0.25, -0.2) is 0 Å². The van der Waals surface area contributed by atoms with Crippen molar-refractivity contribution in [2.45, 2.75) is 0 Å². The third-order valence-electron chi connectivity index (χ3n) is 1.52. The Kier molecular flexibility index (Phi) is 5.57. The molecule has 14 heavy (non-hydrogen) atoms. The molecule has 78 valence electrons. The van der Waals surface area contributed by atoms with Crippen molar-refractivity contribution in [3.05, 3.63) is 24.3 Å². The first-order valence-electron chi connectivity index (χ1n) is 4.35. The van der Waals surface area contributed by atoms with Crippen molar-refractivity contribution in [2.24, 2.45) is 0 Å². The summed E-state index contributed by atoms with van der Waals surface area (Å²) in [6.07, 6.45) is 0. The van der Waals surface area contributed by atoms with E-state index in [9.17, 15) is 0 Å². The van der Waals surface area contributed by atoms with Gasteiger partial charge in [0.05, 0.1) is 11.8 Å². The molecule has 0 spiro atoms. The van der Waals surface area contributed by atoms with Gasteiger partial charge in [-0.3, -0.25) is 0 Å². The summed E-state index contributed by atoms with van der Waals surface area (Å²) in [7, 11) is 0. The number of ether oxygens (including phenoxy) is 2. The lowest BCUT2D eigenvalue weighted by Crippen LogP contribution is -2.03. The molecule has 0 saturated heterocycles. The number of halogens is 2. The molecule has 0 aliphatic carbocycles. The van der Waals surface area contributed by atoms with Crippen LogP contribution in [0.25, 0.3) is 0 Å². The Morgan fingerprint density at radius 2 is 1.29 bits per heavy atom. The lowest BCUT2D eigenvalue weighted by atomic mass is 10.3. The second kappa shape index (κ2) is 6.80. The molecule has 4 heteroatoms. The van der Waals surface area contributed by atoms with Gasteiger partial charge in [0.15, 0.2) is 11.5 Å². The molecule has 1 rings (SSSR count). The van der Waals surface area contributed by atoms with E-state index in [0.717, 1.165) is 0 Å². The molecule has 0 atom stereocenters. The van der Waals surface area contributed by atoms with E-state index in [1.54, 1.807) is 0 Å². The molecule has 0 aliphatic heterocycles. The van der Waals surface area contributed by atoms with Crippen LogP contribution in [0.15, 0.2) is 24.3 Å². The second-order valence-corrected chi connectivity index (χ2v) is 3.28. The SMILES string of the molecule is ClCCOc1ccccc1OCCCl. The molecular weight excluding hydrogens is 223 g/mol. The first kappa shape index (κ1) is 11.5. The van der Waals surface area contributed by atoms with Gasteiger partial charge in [0.2, 0.25) is 0 Å². The van der Waals surface area contributed by atoms with Crippen molar-refractivity contribution < 1.29 is 9.47 Å². The lowest BCUT2D eigenvalue weighted by molar-refractivity contribution is 0.290. The summed E-state index contributed by atoms with van der Waals surface area (Å²) in [6, 6.07) is 7.46. The Morgan fingerprint density at radius 3 is 1.64 bits per heavy atom. The van der Waals surface area contributed by atoms with E-state index in [0.29, 0.717) is 36.5 Å². The van der Waals surface area contributed by atoms with Crippen LogP contribution in [0.2, 0.25) is 0 Å². The van der Waals surface area contributed by atoms with Crippen LogP contribution in [0.4, 0.5) is 0 Å². The Bertz CT molecular complexity index is 239. The molecule has 2 nitrogen and oxygen atoms in total. The third kappa shape index (κ3) is 3.64. The molecule has 0 radical (unpaired) electrons. The van der Waals surface area contributed by atoms with Gasteiger partial charge in [0.25, 0.3) is 0 Å². The largest absolute Gasteiger partial charge is 0.488 e. The van der Waals surface area contributed by atoms with E-state index in [-0.39, 0.29) is 0 Å². The van der Waals surface area contributed by atoms with Crippen LogP contribution >= 0.6 is 23.2 Å². The zero-order valence-corrected chi connectivity index (χ0v) is 9.22. The highest BCUT2D eigenvalue weighted by Gasteiger charge is 2.02. The third-order valence-corrected chi connectivity index (χ3v) is 1.83. The topological polar surface area (TPSA) is 18.5 Å². The van der Waals surface area contributed by atoms with Crippen molar-refractivity contribution in [2.75, 3.05) is 25.0 Å². The van der Waals surface area contributed by atoms with Gasteiger partial charge < -0.3 is 9.47 Å². The van der Waals surface area contributed by atoms with Crippen LogP contribution < -0.4 is 9.47 Å². The van der Waals surface area contributed by atoms with Crippen LogP contribution in [0.5, 0.6) is 11.5 Å². The Labute approximate surface area is 93.7 Å². The summed E-state index contributed by atoms with van der Waals surface area (Å²) >= 11 is 11.0. The standard InChI is InChI=1S/C10H12Cl2O2/c11-5-7-13-9-3-1-2-4-10(9)14-8-6-12/h1-4H,5-8H2. The summed E-state index contributed by atoms with van der Waals surface area (Å²) in [5.74, 6) is 2.34. The predicted octanol–water partition coefficient (Wildman–Crippen LogP) is 2.92. The zero-order chi connectivity index (χ0) is 10.2. The van der Waals surface area contributed by atoms with E-state index in [4.69, 9.17) is 32.7 Å². The molecule has 1 aromatic rings. The minimum atomic E-state index is 0.462. The number of para-hydroxylation sites is 2. The number of hydrogen-bond acceptors (Lipinski definition) is 2. The van der Waals surface area contributed by atoms with Gasteiger partial charge in [-0.2, -0.15) is 0 Å². The van der Waals surface area contributed by atoms with Crippen LogP contribution in [-0.2, 0) is 0 Å². The molecule has 0 aliphatic rings. The van der Waals surface area contributed by atoms with Gasteiger partial charge in [-0.1, -0.05) is 12.1 Å². The Morgan fingerprint density at radius 1 is 0.857 bits per heavy atom. The molecule has 0 saturated carbocycles. The maximum atomic E-state index is 5.52. The first-order chi connectivity index (χ1) is 6.88. The van der Waals surface area contributed by atoms with E-state index >= 15 is 0 Å². The maximum Gasteiger partial charge on any atom is 0.161 e. The van der Waals surface area contributed by atoms with E-state index in [1.165, 1.54) is 0 Å². The first-order valence-corrected chi connectivity index (χ1v) is 5.42. The smallest absolute Gasteiger partial charge is 0.161 e. The van der Waals surface area contributed by atoms with E-state index in [2.05, 4.69) is 0 Å². The van der Waals surface area contributed by atoms with Gasteiger partial charge >= 0.3 is 0 Å². The summed E-state index contributed by atoms with van der Waals surface area (Å²) in [5.41, 5.74) is 0. The van der Waals surface area contributed by atoms with Gasteiger partial charge in [0, 0.05) is 0 Å². The van der Waals surface area contributed by atoms with Gasteiger partial charge in [-0.15, -0.1) is 23.2 Å². The number of rotatable bonds is 6. The summed E-state index contributed by atoms with van der Waals surface area (Å²) in [4.78, 5) is 0. The minimum Gasteiger partial charge on any atom is -0.488 e. The summed E-state index contributed by atoms with van der Waals surface area (Å²) in [5, 5.41) is 0. The molecule has 0 aromatic heterocycles. The summed E-state index contributed by atoms with van der Waals surface area (Å²) in [6.45, 7) is 0.950. The highest BCUT2D eigenvalue weighted by Crippen LogP contribution is 2.26. The molecule has 0 bridgehead atoms. The second-order valence-electron chi connectivity index (χ2n) is 2.52. The molecule has 0 heterocycles. The normalized spacial score (nSPS) is 9.86. The molecule has 0 unspecified atom stereocenters. The molecular formula is C10H12Cl2O2. The maximum absolute atomic E-state index is 5.52. The molecule has 1 aromatic carbocycles. The van der Waals surface area contributed by atoms with Crippen molar-refractivity contribution in [3.8, 4) is 11.5 Å². The van der Waals surface area contributed by atoms with Crippen molar-refractivity contribution in [1.82, 2.24) is 0 Å². The quantitative estimate of drug-likeness (QED) is 0.706. The van der Waals surface area contributed by atoms with Crippen LogP contribution in [0.1, 0.15) is 0 Å². The van der Waals surface area contributed by atoms with Crippen molar-refractivity contribution in [3.63, 3.8) is 0 Å². The monoisotopic (exact) mass is 234 g/mol. The average molecular weight is 235 g/mol. The fraction of sp³-hybridized carbons (Fsp3) is 0.400. The van der Waals surface area contributed by atoms with E-state index in [1.807, 2.05) is 24.3 Å². The number of hydrogen-bond donors (Lipinski definition) is 0. The van der Waals surface area contributed by atoms with Crippen molar-refractivity contribution >= 4 is 23.2 Å². The average Bonchev–Trinajstić information content (AvgIpc) is 2.24. The molecule has 0 fully saturated rings. The van der Waals surface area contributed by atoms with E-state index < -0.39 is 0 Å². The van der Waals surface area contributed by atoms with Gasteiger partial charge in [-0.05, 0) is 12.1 Å². The van der Waals surface area contributed by atoms with Crippen molar-refractivity contribution in [1.29, 1.82) is 0 Å². The minimum absolute atomic E-state index is 0.462. The summed E-state index contributed by atoms with van der Waals surface area (Å²) < 4.78 is 10.8. The Hall–Kier alpha value is -0.600. The highest BCUT2D eigenvalue weighted by atomic mass is 35.5. The fourth-order valence-corrected chi connectivity index (χ4v) is 1.14. The molecule has 0 N–H and O–H groups in total. The van der Waals surface area contributed by atoms with Crippen LogP contribution in [0.3, 0.4) is 0 Å². The highest BCUT2D eigenvalue weighted by molar-refractivity contribution is 6.18. The zero-order valence-electron chi connectivity index (χ0n) is 7.71. The number of benzene rings is 1. The van der Waals surface area contributed by atoms with Crippen LogP contribution in [0, 0.1) is 0 Å². The fourth-order valence-electron chi connectivity index (χ4n) is 0.986. The van der Waals surface area contributed by atoms with Crippen LogP contribution in [-0.4, -0.2) is 25.0 Å². The Balaban J connectivity index is 2.60. The predicted molar refractivity (Wildman–Crippen MR) is 58.9 cm³/mol. The van der Waals surface area contributed by atoms with Gasteiger partial charge in [0.1, 0.15) is 13.2 Å². The number of alkyl halides is 2.